The van der Waals surface area contributed by atoms with E-state index in [9.17, 15) is 5.11 Å². The van der Waals surface area contributed by atoms with E-state index in [1.54, 1.807) is 29.7 Å². The minimum absolute atomic E-state index is 0. The molecule has 0 aliphatic rings. The minimum atomic E-state index is -0.705. The molecule has 8 heteroatoms. The van der Waals surface area contributed by atoms with Gasteiger partial charge in [0.15, 0.2) is 5.96 Å². The summed E-state index contributed by atoms with van der Waals surface area (Å²) in [4.78, 5) is 10.2. The SMILES string of the molecule is CCNC(=NCc1nc(C)c(C)s1)NCC(O)c1ccco1.I. The van der Waals surface area contributed by atoms with Crippen molar-refractivity contribution in [2.45, 2.75) is 33.4 Å². The van der Waals surface area contributed by atoms with Gasteiger partial charge in [0.25, 0.3) is 0 Å². The summed E-state index contributed by atoms with van der Waals surface area (Å²) in [5.41, 5.74) is 1.06. The third kappa shape index (κ3) is 6.11. The maximum absolute atomic E-state index is 10.0. The lowest BCUT2D eigenvalue weighted by Gasteiger charge is -2.13. The molecule has 3 N–H and O–H groups in total. The summed E-state index contributed by atoms with van der Waals surface area (Å²) in [6.45, 7) is 7.66. The van der Waals surface area contributed by atoms with Crippen molar-refractivity contribution in [1.29, 1.82) is 0 Å². The zero-order chi connectivity index (χ0) is 15.9. The summed E-state index contributed by atoms with van der Waals surface area (Å²) in [5, 5.41) is 17.2. The van der Waals surface area contributed by atoms with Crippen molar-refractivity contribution in [2.75, 3.05) is 13.1 Å². The number of nitrogens with zero attached hydrogens (tertiary/aromatic N) is 2. The van der Waals surface area contributed by atoms with Gasteiger partial charge in [0.05, 0.1) is 25.0 Å². The highest BCUT2D eigenvalue weighted by atomic mass is 127. The first-order valence-corrected chi connectivity index (χ1v) is 8.08. The molecular weight excluding hydrogens is 427 g/mol. The van der Waals surface area contributed by atoms with Crippen molar-refractivity contribution in [3.05, 3.63) is 39.7 Å². The Bertz CT molecular complexity index is 594. The fourth-order valence-corrected chi connectivity index (χ4v) is 2.73. The molecule has 0 saturated carbocycles. The van der Waals surface area contributed by atoms with Gasteiger partial charge in [-0.2, -0.15) is 0 Å². The molecule has 0 aliphatic carbocycles. The van der Waals surface area contributed by atoms with Crippen LogP contribution < -0.4 is 10.6 Å². The smallest absolute Gasteiger partial charge is 0.191 e. The van der Waals surface area contributed by atoms with E-state index in [0.29, 0.717) is 24.8 Å². The number of aryl methyl sites for hydroxylation is 2. The van der Waals surface area contributed by atoms with Crippen LogP contribution in [-0.4, -0.2) is 29.1 Å². The molecule has 2 aromatic heterocycles. The standard InChI is InChI=1S/C15H22N4O2S.HI/c1-4-16-15(17-8-12(20)13-6-5-7-21-13)18-9-14-19-10(2)11(3)22-14;/h5-7,12,20H,4,8-9H2,1-3H3,(H2,16,17,18);1H. The molecule has 128 valence electrons. The van der Waals surface area contributed by atoms with Gasteiger partial charge in [0.2, 0.25) is 0 Å². The Morgan fingerprint density at radius 3 is 2.78 bits per heavy atom. The van der Waals surface area contributed by atoms with E-state index >= 15 is 0 Å². The lowest BCUT2D eigenvalue weighted by Crippen LogP contribution is -2.39. The van der Waals surface area contributed by atoms with Gasteiger partial charge < -0.3 is 20.2 Å². The number of guanidine groups is 1. The fourth-order valence-electron chi connectivity index (χ4n) is 1.87. The van der Waals surface area contributed by atoms with Crippen LogP contribution in [0.5, 0.6) is 0 Å². The molecule has 2 heterocycles. The molecular formula is C15H23IN4O2S. The number of aliphatic hydroxyl groups is 1. The predicted molar refractivity (Wildman–Crippen MR) is 103 cm³/mol. The lowest BCUT2D eigenvalue weighted by molar-refractivity contribution is 0.153. The summed E-state index contributed by atoms with van der Waals surface area (Å²) in [6.07, 6.45) is 0.841. The van der Waals surface area contributed by atoms with Crippen molar-refractivity contribution in [1.82, 2.24) is 15.6 Å². The number of aliphatic hydroxyl groups excluding tert-OH is 1. The molecule has 0 radical (unpaired) electrons. The van der Waals surface area contributed by atoms with Gasteiger partial charge in [-0.3, -0.25) is 0 Å². The third-order valence-corrected chi connectivity index (χ3v) is 4.18. The van der Waals surface area contributed by atoms with E-state index in [1.807, 2.05) is 13.8 Å². The molecule has 23 heavy (non-hydrogen) atoms. The number of hydrogen-bond acceptors (Lipinski definition) is 5. The predicted octanol–water partition coefficient (Wildman–Crippen LogP) is 2.76. The van der Waals surface area contributed by atoms with Gasteiger partial charge in [-0.05, 0) is 32.9 Å². The first-order valence-electron chi connectivity index (χ1n) is 7.26. The zero-order valence-electron chi connectivity index (χ0n) is 13.5. The number of hydrogen-bond donors (Lipinski definition) is 3. The minimum Gasteiger partial charge on any atom is -0.467 e. The first kappa shape index (κ1) is 19.9. The van der Waals surface area contributed by atoms with Crippen LogP contribution in [0, 0.1) is 13.8 Å². The number of aliphatic imine (C=N–C) groups is 1. The van der Waals surface area contributed by atoms with Gasteiger partial charge in [0.1, 0.15) is 16.9 Å². The van der Waals surface area contributed by atoms with E-state index in [0.717, 1.165) is 17.2 Å². The highest BCUT2D eigenvalue weighted by molar-refractivity contribution is 14.0. The van der Waals surface area contributed by atoms with Gasteiger partial charge in [-0.1, -0.05) is 0 Å². The van der Waals surface area contributed by atoms with Crippen LogP contribution in [0.1, 0.15) is 34.4 Å². The van der Waals surface area contributed by atoms with Gasteiger partial charge in [-0.25, -0.2) is 9.98 Å². The van der Waals surface area contributed by atoms with E-state index in [1.165, 1.54) is 4.88 Å². The summed E-state index contributed by atoms with van der Waals surface area (Å²) >= 11 is 1.66. The molecule has 2 aromatic rings. The zero-order valence-corrected chi connectivity index (χ0v) is 16.6. The Morgan fingerprint density at radius 2 is 2.22 bits per heavy atom. The molecule has 6 nitrogen and oxygen atoms in total. The quantitative estimate of drug-likeness (QED) is 0.358. The Morgan fingerprint density at radius 1 is 1.43 bits per heavy atom. The van der Waals surface area contributed by atoms with Crippen LogP contribution in [0.25, 0.3) is 0 Å². The number of rotatable bonds is 6. The lowest BCUT2D eigenvalue weighted by atomic mass is 10.3. The molecule has 0 saturated heterocycles. The highest BCUT2D eigenvalue weighted by Crippen LogP contribution is 2.17. The second-order valence-corrected chi connectivity index (χ2v) is 6.14. The number of halogens is 1. The van der Waals surface area contributed by atoms with E-state index in [-0.39, 0.29) is 24.0 Å². The van der Waals surface area contributed by atoms with Crippen molar-refractivity contribution < 1.29 is 9.52 Å². The van der Waals surface area contributed by atoms with Crippen LogP contribution in [0.4, 0.5) is 0 Å². The molecule has 1 atom stereocenters. The summed E-state index contributed by atoms with van der Waals surface area (Å²) < 4.78 is 5.17. The largest absolute Gasteiger partial charge is 0.467 e. The van der Waals surface area contributed by atoms with E-state index < -0.39 is 6.10 Å². The number of furan rings is 1. The van der Waals surface area contributed by atoms with Crippen molar-refractivity contribution in [2.24, 2.45) is 4.99 Å². The summed E-state index contributed by atoms with van der Waals surface area (Å²) in [6, 6.07) is 3.50. The Hall–Kier alpha value is -1.13. The van der Waals surface area contributed by atoms with Gasteiger partial charge in [0, 0.05) is 11.4 Å². The topological polar surface area (TPSA) is 82.7 Å². The van der Waals surface area contributed by atoms with E-state index in [2.05, 4.69) is 27.5 Å². The molecule has 0 amide bonds. The number of nitrogens with one attached hydrogen (secondary N) is 2. The fraction of sp³-hybridized carbons (Fsp3) is 0.467. The summed E-state index contributed by atoms with van der Waals surface area (Å²) in [7, 11) is 0. The van der Waals surface area contributed by atoms with Crippen molar-refractivity contribution in [3.63, 3.8) is 0 Å². The average Bonchev–Trinajstić information content (AvgIpc) is 3.12. The first-order chi connectivity index (χ1) is 10.6. The van der Waals surface area contributed by atoms with Gasteiger partial charge >= 0.3 is 0 Å². The van der Waals surface area contributed by atoms with Crippen molar-refractivity contribution >= 4 is 41.3 Å². The number of thiazole rings is 1. The summed E-state index contributed by atoms with van der Waals surface area (Å²) in [5.74, 6) is 1.19. The third-order valence-electron chi connectivity index (χ3n) is 3.12. The van der Waals surface area contributed by atoms with Gasteiger partial charge in [-0.15, -0.1) is 35.3 Å². The normalized spacial score (nSPS) is 12.6. The second kappa shape index (κ2) is 9.89. The van der Waals surface area contributed by atoms with E-state index in [4.69, 9.17) is 4.42 Å². The number of aromatic nitrogens is 1. The Labute approximate surface area is 157 Å². The Balaban J connectivity index is 0.00000264. The Kier molecular flexibility index (Phi) is 8.56. The van der Waals surface area contributed by atoms with Crippen LogP contribution in [0.15, 0.2) is 27.8 Å². The molecule has 0 spiro atoms. The molecule has 0 fully saturated rings. The molecule has 0 aliphatic heterocycles. The monoisotopic (exact) mass is 450 g/mol. The molecule has 0 bridgehead atoms. The maximum atomic E-state index is 10.0. The van der Waals surface area contributed by atoms with Crippen LogP contribution in [-0.2, 0) is 6.54 Å². The molecule has 1 unspecified atom stereocenters. The molecule has 2 rings (SSSR count). The maximum Gasteiger partial charge on any atom is 0.191 e. The highest BCUT2D eigenvalue weighted by Gasteiger charge is 2.11. The molecule has 0 aromatic carbocycles. The van der Waals surface area contributed by atoms with Crippen molar-refractivity contribution in [3.8, 4) is 0 Å². The van der Waals surface area contributed by atoms with Crippen LogP contribution in [0.2, 0.25) is 0 Å². The van der Waals surface area contributed by atoms with Crippen LogP contribution >= 0.6 is 35.3 Å². The van der Waals surface area contributed by atoms with Crippen LogP contribution in [0.3, 0.4) is 0 Å². The average molecular weight is 450 g/mol. The second-order valence-electron chi connectivity index (χ2n) is 4.86.